The van der Waals surface area contributed by atoms with Crippen molar-refractivity contribution in [3.05, 3.63) is 12.3 Å². The van der Waals surface area contributed by atoms with Crippen molar-refractivity contribution in [2.75, 3.05) is 5.32 Å². The Morgan fingerprint density at radius 2 is 2.11 bits per heavy atom. The number of carbonyl (C=O) groups is 1. The van der Waals surface area contributed by atoms with Crippen LogP contribution in [0.25, 0.3) is 0 Å². The molecule has 1 aromatic heterocycles. The van der Waals surface area contributed by atoms with Gasteiger partial charge in [-0.2, -0.15) is 4.98 Å². The van der Waals surface area contributed by atoms with Gasteiger partial charge in [0.25, 0.3) is 0 Å². The van der Waals surface area contributed by atoms with Gasteiger partial charge in [-0.3, -0.25) is 4.79 Å². The van der Waals surface area contributed by atoms with Gasteiger partial charge in [-0.25, -0.2) is 4.98 Å². The van der Waals surface area contributed by atoms with Gasteiger partial charge < -0.3 is 15.2 Å². The fourth-order valence-electron chi connectivity index (χ4n) is 1.53. The third kappa shape index (κ3) is 5.54. The molecule has 0 fully saturated rings. The Morgan fingerprint density at radius 3 is 2.63 bits per heavy atom. The number of nitrogens with one attached hydrogen (secondary N) is 1. The molecule has 0 spiro atoms. The summed E-state index contributed by atoms with van der Waals surface area (Å²) in [6.07, 6.45) is 1.64. The van der Waals surface area contributed by atoms with E-state index in [4.69, 9.17) is 9.84 Å². The maximum absolute atomic E-state index is 10.8. The lowest BCUT2D eigenvalue weighted by Crippen LogP contribution is -2.29. The smallest absolute Gasteiger partial charge is 0.305 e. The van der Waals surface area contributed by atoms with Crippen LogP contribution in [0.4, 0.5) is 5.95 Å². The van der Waals surface area contributed by atoms with Crippen molar-refractivity contribution in [2.45, 2.75) is 46.3 Å². The summed E-state index contributed by atoms with van der Waals surface area (Å²) >= 11 is 0. The molecule has 6 nitrogen and oxygen atoms in total. The Kier molecular flexibility index (Phi) is 5.54. The molecular weight excluding hydrogens is 246 g/mol. The van der Waals surface area contributed by atoms with Crippen molar-refractivity contribution in [3.63, 3.8) is 0 Å². The van der Waals surface area contributed by atoms with Crippen LogP contribution < -0.4 is 10.1 Å². The van der Waals surface area contributed by atoms with Crippen molar-refractivity contribution in [1.82, 2.24) is 9.97 Å². The second kappa shape index (κ2) is 6.92. The van der Waals surface area contributed by atoms with Crippen molar-refractivity contribution in [3.8, 4) is 5.88 Å². The van der Waals surface area contributed by atoms with E-state index < -0.39 is 5.97 Å². The fourth-order valence-corrected chi connectivity index (χ4v) is 1.53. The van der Waals surface area contributed by atoms with Gasteiger partial charge in [-0.15, -0.1) is 0 Å². The third-order valence-corrected chi connectivity index (χ3v) is 2.50. The number of nitrogens with zero attached hydrogens (tertiary/aromatic N) is 2. The van der Waals surface area contributed by atoms with Gasteiger partial charge in [-0.05, 0) is 19.8 Å². The van der Waals surface area contributed by atoms with Crippen LogP contribution >= 0.6 is 0 Å². The molecule has 0 aliphatic heterocycles. The molecule has 106 valence electrons. The second-order valence-corrected chi connectivity index (χ2v) is 4.98. The molecule has 6 heteroatoms. The fraction of sp³-hybridized carbons (Fsp3) is 0.615. The van der Waals surface area contributed by atoms with E-state index in [1.807, 2.05) is 27.7 Å². The van der Waals surface area contributed by atoms with Crippen LogP contribution in [0, 0.1) is 5.92 Å². The highest BCUT2D eigenvalue weighted by atomic mass is 16.5. The molecule has 0 aromatic carbocycles. The van der Waals surface area contributed by atoms with Gasteiger partial charge in [-0.1, -0.05) is 13.8 Å². The SMILES string of the molecule is CC(C)Oc1ccnc(NC(CC(=O)O)C(C)C)n1. The molecule has 1 unspecified atom stereocenters. The van der Waals surface area contributed by atoms with E-state index >= 15 is 0 Å². The summed E-state index contributed by atoms with van der Waals surface area (Å²) in [6.45, 7) is 7.73. The first kappa shape index (κ1) is 15.2. The quantitative estimate of drug-likeness (QED) is 0.787. The monoisotopic (exact) mass is 267 g/mol. The number of carboxylic acid groups (broad SMARTS) is 1. The molecule has 0 aliphatic carbocycles. The van der Waals surface area contributed by atoms with E-state index in [9.17, 15) is 4.79 Å². The summed E-state index contributed by atoms with van der Waals surface area (Å²) in [5, 5.41) is 11.9. The first-order chi connectivity index (χ1) is 8.88. The summed E-state index contributed by atoms with van der Waals surface area (Å²) in [6, 6.07) is 1.46. The number of hydrogen-bond donors (Lipinski definition) is 2. The van der Waals surface area contributed by atoms with Crippen molar-refractivity contribution >= 4 is 11.9 Å². The average Bonchev–Trinajstić information content (AvgIpc) is 2.26. The van der Waals surface area contributed by atoms with Gasteiger partial charge in [0, 0.05) is 18.3 Å². The molecule has 0 amide bonds. The van der Waals surface area contributed by atoms with Crippen LogP contribution in [0.1, 0.15) is 34.1 Å². The van der Waals surface area contributed by atoms with Gasteiger partial charge >= 0.3 is 5.97 Å². The first-order valence-corrected chi connectivity index (χ1v) is 6.36. The van der Waals surface area contributed by atoms with Crippen LogP contribution in [0.5, 0.6) is 5.88 Å². The Bertz CT molecular complexity index is 421. The van der Waals surface area contributed by atoms with Gasteiger partial charge in [0.1, 0.15) is 0 Å². The summed E-state index contributed by atoms with van der Waals surface area (Å²) in [5.41, 5.74) is 0. The number of aliphatic carboxylic acids is 1. The molecule has 1 atom stereocenters. The summed E-state index contributed by atoms with van der Waals surface area (Å²) in [4.78, 5) is 19.1. The molecule has 1 aromatic rings. The zero-order valence-electron chi connectivity index (χ0n) is 11.8. The minimum absolute atomic E-state index is 0.0241. The Hall–Kier alpha value is -1.85. The minimum Gasteiger partial charge on any atom is -0.481 e. The van der Waals surface area contributed by atoms with Gasteiger partial charge in [0.2, 0.25) is 11.8 Å². The Morgan fingerprint density at radius 1 is 1.42 bits per heavy atom. The Labute approximate surface area is 113 Å². The van der Waals surface area contributed by atoms with Crippen molar-refractivity contribution in [1.29, 1.82) is 0 Å². The van der Waals surface area contributed by atoms with E-state index in [0.717, 1.165) is 0 Å². The summed E-state index contributed by atoms with van der Waals surface area (Å²) < 4.78 is 5.47. The maximum atomic E-state index is 10.8. The zero-order valence-corrected chi connectivity index (χ0v) is 11.8. The maximum Gasteiger partial charge on any atom is 0.305 e. The van der Waals surface area contributed by atoms with Crippen molar-refractivity contribution < 1.29 is 14.6 Å². The molecular formula is C13H21N3O3. The first-order valence-electron chi connectivity index (χ1n) is 6.36. The van der Waals surface area contributed by atoms with Gasteiger partial charge in [0.15, 0.2) is 0 Å². The van der Waals surface area contributed by atoms with Crippen molar-refractivity contribution in [2.24, 2.45) is 5.92 Å². The largest absolute Gasteiger partial charge is 0.481 e. The number of carboxylic acids is 1. The molecule has 19 heavy (non-hydrogen) atoms. The molecule has 2 N–H and O–H groups in total. The second-order valence-electron chi connectivity index (χ2n) is 4.98. The van der Waals surface area contributed by atoms with E-state index in [2.05, 4.69) is 15.3 Å². The van der Waals surface area contributed by atoms with E-state index in [1.165, 1.54) is 0 Å². The lowest BCUT2D eigenvalue weighted by atomic mass is 10.0. The lowest BCUT2D eigenvalue weighted by molar-refractivity contribution is -0.137. The third-order valence-electron chi connectivity index (χ3n) is 2.50. The number of hydrogen-bond acceptors (Lipinski definition) is 5. The highest BCUT2D eigenvalue weighted by Gasteiger charge is 2.18. The molecule has 0 saturated heterocycles. The molecule has 0 bridgehead atoms. The van der Waals surface area contributed by atoms with E-state index in [1.54, 1.807) is 12.3 Å². The van der Waals surface area contributed by atoms with Crippen LogP contribution in [-0.4, -0.2) is 33.2 Å². The van der Waals surface area contributed by atoms with Gasteiger partial charge in [0.05, 0.1) is 12.5 Å². The van der Waals surface area contributed by atoms with Crippen LogP contribution in [-0.2, 0) is 4.79 Å². The number of anilines is 1. The summed E-state index contributed by atoms with van der Waals surface area (Å²) in [5.74, 6) is 0.179. The van der Waals surface area contributed by atoms with Crippen LogP contribution in [0.3, 0.4) is 0 Å². The minimum atomic E-state index is -0.846. The zero-order chi connectivity index (χ0) is 14.4. The molecule has 1 heterocycles. The summed E-state index contributed by atoms with van der Waals surface area (Å²) in [7, 11) is 0. The predicted octanol–water partition coefficient (Wildman–Crippen LogP) is 2.17. The number of rotatable bonds is 7. The highest BCUT2D eigenvalue weighted by molar-refractivity contribution is 5.68. The highest BCUT2D eigenvalue weighted by Crippen LogP contribution is 2.15. The topological polar surface area (TPSA) is 84.3 Å². The molecule has 0 aliphatic rings. The van der Waals surface area contributed by atoms with E-state index in [-0.39, 0.29) is 24.5 Å². The number of ether oxygens (including phenoxy) is 1. The molecule has 0 radical (unpaired) electrons. The predicted molar refractivity (Wildman–Crippen MR) is 72.3 cm³/mol. The molecule has 1 rings (SSSR count). The lowest BCUT2D eigenvalue weighted by Gasteiger charge is -2.20. The van der Waals surface area contributed by atoms with Crippen LogP contribution in [0.15, 0.2) is 12.3 Å². The normalized spacial score (nSPS) is 12.5. The van der Waals surface area contributed by atoms with E-state index in [0.29, 0.717) is 11.8 Å². The Balaban J connectivity index is 2.75. The molecule has 0 saturated carbocycles. The number of aromatic nitrogens is 2. The van der Waals surface area contributed by atoms with Crippen LogP contribution in [0.2, 0.25) is 0 Å². The average molecular weight is 267 g/mol. The standard InChI is InChI=1S/C13H21N3O3/c1-8(2)10(7-12(17)18)15-13-14-6-5-11(16-13)19-9(3)4/h5-6,8-10H,7H2,1-4H3,(H,17,18)(H,14,15,16).